The lowest BCUT2D eigenvalue weighted by Crippen LogP contribution is -2.53. The molecule has 0 aromatic heterocycles. The minimum atomic E-state index is -1.11. The molecule has 192 valence electrons. The van der Waals surface area contributed by atoms with Gasteiger partial charge in [0.05, 0.1) is 6.42 Å². The summed E-state index contributed by atoms with van der Waals surface area (Å²) in [5.74, 6) is -2.56. The van der Waals surface area contributed by atoms with Crippen LogP contribution in [0.3, 0.4) is 0 Å². The summed E-state index contributed by atoms with van der Waals surface area (Å²) >= 11 is 0. The Morgan fingerprint density at radius 1 is 1.11 bits per heavy atom. The predicted molar refractivity (Wildman–Crippen MR) is 127 cm³/mol. The number of amides is 4. The standard InChI is InChI=1S/C25H35N3O7/c1-16(24(33)35-25(2,3)4)27-22(31)18(28-20(29)15-19(34-5)23(28)32)13-9-10-14-26-21(30)17-11-7-6-8-12-17/h6-8,11-12,16,18-19H,9-10,13-15H2,1-5H3,(H,26,30)(H,27,31)/t16-,18-,19?/m0/s1. The monoisotopic (exact) mass is 489 g/mol. The zero-order chi connectivity index (χ0) is 26.2. The Morgan fingerprint density at radius 2 is 1.77 bits per heavy atom. The molecule has 1 fully saturated rings. The summed E-state index contributed by atoms with van der Waals surface area (Å²) in [4.78, 5) is 63.7. The summed E-state index contributed by atoms with van der Waals surface area (Å²) in [7, 11) is 1.33. The molecule has 4 amide bonds. The summed E-state index contributed by atoms with van der Waals surface area (Å²) in [5.41, 5.74) is -0.188. The van der Waals surface area contributed by atoms with E-state index in [1.54, 1.807) is 45.0 Å². The average molecular weight is 490 g/mol. The molecule has 1 saturated heterocycles. The molecule has 0 radical (unpaired) electrons. The van der Waals surface area contributed by atoms with E-state index in [4.69, 9.17) is 9.47 Å². The number of rotatable bonds is 11. The number of nitrogens with one attached hydrogen (secondary N) is 2. The molecule has 1 heterocycles. The molecule has 2 N–H and O–H groups in total. The fourth-order valence-electron chi connectivity index (χ4n) is 3.63. The van der Waals surface area contributed by atoms with E-state index < -0.39 is 47.5 Å². The smallest absolute Gasteiger partial charge is 0.328 e. The van der Waals surface area contributed by atoms with E-state index in [-0.39, 0.29) is 18.7 Å². The molecule has 0 saturated carbocycles. The Labute approximate surface area is 205 Å². The number of hydrogen-bond acceptors (Lipinski definition) is 7. The fourth-order valence-corrected chi connectivity index (χ4v) is 3.63. The second-order valence-electron chi connectivity index (χ2n) is 9.43. The van der Waals surface area contributed by atoms with Gasteiger partial charge in [-0.3, -0.25) is 24.1 Å². The lowest BCUT2D eigenvalue weighted by molar-refractivity contribution is -0.158. The number of carbonyl (C=O) groups excluding carboxylic acids is 5. The molecule has 1 aromatic carbocycles. The molecule has 10 heteroatoms. The molecule has 0 spiro atoms. The SMILES string of the molecule is COC1CC(=O)N([C@@H](CCCCNC(=O)c2ccccc2)C(=O)N[C@@H](C)C(=O)OC(C)(C)C)C1=O. The van der Waals surface area contributed by atoms with Gasteiger partial charge in [0, 0.05) is 19.2 Å². The Bertz CT molecular complexity index is 927. The van der Waals surface area contributed by atoms with Crippen LogP contribution in [0.25, 0.3) is 0 Å². The zero-order valence-electron chi connectivity index (χ0n) is 21.0. The molecule has 1 aliphatic heterocycles. The highest BCUT2D eigenvalue weighted by atomic mass is 16.6. The first-order valence-corrected chi connectivity index (χ1v) is 11.7. The Hall–Kier alpha value is -3.27. The van der Waals surface area contributed by atoms with Crippen molar-refractivity contribution in [2.24, 2.45) is 0 Å². The fraction of sp³-hybridized carbons (Fsp3) is 0.560. The van der Waals surface area contributed by atoms with Crippen LogP contribution in [0, 0.1) is 0 Å². The van der Waals surface area contributed by atoms with Crippen LogP contribution in [-0.4, -0.2) is 71.9 Å². The summed E-state index contributed by atoms with van der Waals surface area (Å²) < 4.78 is 10.4. The number of methoxy groups -OCH3 is 1. The zero-order valence-corrected chi connectivity index (χ0v) is 21.0. The Morgan fingerprint density at radius 3 is 2.34 bits per heavy atom. The van der Waals surface area contributed by atoms with Crippen LogP contribution >= 0.6 is 0 Å². The van der Waals surface area contributed by atoms with Gasteiger partial charge in [-0.1, -0.05) is 18.2 Å². The van der Waals surface area contributed by atoms with Crippen molar-refractivity contribution in [1.82, 2.24) is 15.5 Å². The average Bonchev–Trinajstić information content (AvgIpc) is 3.08. The summed E-state index contributed by atoms with van der Waals surface area (Å²) in [6, 6.07) is 6.70. The van der Waals surface area contributed by atoms with Gasteiger partial charge in [-0.05, 0) is 59.1 Å². The van der Waals surface area contributed by atoms with Crippen molar-refractivity contribution in [2.75, 3.05) is 13.7 Å². The molecule has 10 nitrogen and oxygen atoms in total. The Balaban J connectivity index is 2.00. The van der Waals surface area contributed by atoms with E-state index in [1.807, 2.05) is 6.07 Å². The first kappa shape index (κ1) is 28.0. The number of nitrogens with zero attached hydrogens (tertiary/aromatic N) is 1. The maximum absolute atomic E-state index is 13.1. The molecule has 1 unspecified atom stereocenters. The third kappa shape index (κ3) is 8.17. The van der Waals surface area contributed by atoms with Gasteiger partial charge in [0.25, 0.3) is 11.8 Å². The lowest BCUT2D eigenvalue weighted by Gasteiger charge is -2.28. The third-order valence-corrected chi connectivity index (χ3v) is 5.39. The van der Waals surface area contributed by atoms with Crippen molar-refractivity contribution in [1.29, 1.82) is 0 Å². The molecule has 0 aliphatic carbocycles. The lowest BCUT2D eigenvalue weighted by atomic mass is 10.1. The predicted octanol–water partition coefficient (Wildman–Crippen LogP) is 1.58. The van der Waals surface area contributed by atoms with E-state index in [0.717, 1.165) is 4.90 Å². The highest BCUT2D eigenvalue weighted by Gasteiger charge is 2.45. The van der Waals surface area contributed by atoms with E-state index >= 15 is 0 Å². The molecule has 1 aliphatic rings. The maximum Gasteiger partial charge on any atom is 0.328 e. The van der Waals surface area contributed by atoms with Crippen LogP contribution in [0.5, 0.6) is 0 Å². The maximum atomic E-state index is 13.1. The normalized spacial score (nSPS) is 17.6. The van der Waals surface area contributed by atoms with Crippen molar-refractivity contribution >= 4 is 29.6 Å². The number of esters is 1. The van der Waals surface area contributed by atoms with Gasteiger partial charge in [0.2, 0.25) is 11.8 Å². The molecule has 3 atom stereocenters. The molecule has 2 rings (SSSR count). The summed E-state index contributed by atoms with van der Waals surface area (Å²) in [5, 5.41) is 5.37. The number of carbonyl (C=O) groups is 5. The number of likely N-dealkylation sites (tertiary alicyclic amines) is 1. The van der Waals surface area contributed by atoms with Gasteiger partial charge in [0.1, 0.15) is 23.8 Å². The minimum Gasteiger partial charge on any atom is -0.458 e. The number of imide groups is 1. The van der Waals surface area contributed by atoms with Gasteiger partial charge in [-0.25, -0.2) is 4.79 Å². The van der Waals surface area contributed by atoms with E-state index in [0.29, 0.717) is 24.9 Å². The van der Waals surface area contributed by atoms with Crippen LogP contribution in [0.1, 0.15) is 63.7 Å². The first-order valence-electron chi connectivity index (χ1n) is 11.7. The van der Waals surface area contributed by atoms with Crippen molar-refractivity contribution < 1.29 is 33.4 Å². The molecule has 0 bridgehead atoms. The second kappa shape index (κ2) is 12.4. The van der Waals surface area contributed by atoms with Crippen LogP contribution in [-0.2, 0) is 28.7 Å². The summed E-state index contributed by atoms with van der Waals surface area (Å²) in [6.07, 6.45) is 0.0538. The largest absolute Gasteiger partial charge is 0.458 e. The van der Waals surface area contributed by atoms with Crippen LogP contribution in [0.2, 0.25) is 0 Å². The number of hydrogen-bond donors (Lipinski definition) is 2. The molecular weight excluding hydrogens is 454 g/mol. The van der Waals surface area contributed by atoms with Crippen LogP contribution < -0.4 is 10.6 Å². The van der Waals surface area contributed by atoms with Crippen molar-refractivity contribution in [3.05, 3.63) is 35.9 Å². The second-order valence-corrected chi connectivity index (χ2v) is 9.43. The van der Waals surface area contributed by atoms with Crippen LogP contribution in [0.4, 0.5) is 0 Å². The highest BCUT2D eigenvalue weighted by molar-refractivity contribution is 6.08. The minimum absolute atomic E-state index is 0.145. The Kier molecular flexibility index (Phi) is 9.94. The number of benzene rings is 1. The van der Waals surface area contributed by atoms with Gasteiger partial charge < -0.3 is 20.1 Å². The van der Waals surface area contributed by atoms with Gasteiger partial charge in [-0.15, -0.1) is 0 Å². The van der Waals surface area contributed by atoms with Gasteiger partial charge in [-0.2, -0.15) is 0 Å². The molecule has 35 heavy (non-hydrogen) atoms. The van der Waals surface area contributed by atoms with Gasteiger partial charge >= 0.3 is 5.97 Å². The number of ether oxygens (including phenoxy) is 2. The quantitative estimate of drug-likeness (QED) is 0.274. The van der Waals surface area contributed by atoms with Crippen LogP contribution in [0.15, 0.2) is 30.3 Å². The van der Waals surface area contributed by atoms with E-state index in [2.05, 4.69) is 10.6 Å². The first-order chi connectivity index (χ1) is 16.4. The highest BCUT2D eigenvalue weighted by Crippen LogP contribution is 2.22. The molecule has 1 aromatic rings. The topological polar surface area (TPSA) is 131 Å². The van der Waals surface area contributed by atoms with Crippen molar-refractivity contribution in [2.45, 2.75) is 77.2 Å². The molecular formula is C25H35N3O7. The van der Waals surface area contributed by atoms with Crippen molar-refractivity contribution in [3.8, 4) is 0 Å². The number of unbranched alkanes of at least 4 members (excludes halogenated alkanes) is 1. The summed E-state index contributed by atoms with van der Waals surface area (Å²) in [6.45, 7) is 6.98. The van der Waals surface area contributed by atoms with Gasteiger partial charge in [0.15, 0.2) is 0 Å². The van der Waals surface area contributed by atoms with E-state index in [9.17, 15) is 24.0 Å². The third-order valence-electron chi connectivity index (χ3n) is 5.39. The van der Waals surface area contributed by atoms with Crippen molar-refractivity contribution in [3.63, 3.8) is 0 Å². The van der Waals surface area contributed by atoms with E-state index in [1.165, 1.54) is 14.0 Å².